The molecular weight excluding hydrogens is 388 g/mol. The maximum atomic E-state index is 12.2. The second-order valence-corrected chi connectivity index (χ2v) is 6.83. The third kappa shape index (κ3) is 5.63. The second-order valence-electron chi connectivity index (χ2n) is 6.83. The first-order valence-electron chi connectivity index (χ1n) is 9.47. The summed E-state index contributed by atoms with van der Waals surface area (Å²) in [6.07, 6.45) is 0.561. The van der Waals surface area contributed by atoms with Crippen molar-refractivity contribution >= 4 is 11.9 Å². The van der Waals surface area contributed by atoms with Crippen molar-refractivity contribution in [1.29, 1.82) is 0 Å². The molecule has 0 aliphatic carbocycles. The summed E-state index contributed by atoms with van der Waals surface area (Å²) in [6.45, 7) is 5.70. The molecule has 1 unspecified atom stereocenters. The number of para-hydroxylation sites is 1. The third-order valence-electron chi connectivity index (χ3n) is 4.37. The molecule has 3 N–H and O–H groups in total. The van der Waals surface area contributed by atoms with Gasteiger partial charge in [0.1, 0.15) is 23.9 Å². The van der Waals surface area contributed by atoms with Gasteiger partial charge < -0.3 is 19.0 Å². The van der Waals surface area contributed by atoms with Gasteiger partial charge in [0.25, 0.3) is 0 Å². The standard InChI is InChI=1S/C21H24N4O5/c1-13(11-18-14(2)25-30-15(18)3)22-21(27)24-23-20(26)19-10-9-17(29-19)12-28-16-7-5-4-6-8-16/h4-10,13H,11-12H2,1-3H3,(H,23,26)(H2,22,24,27). The van der Waals surface area contributed by atoms with E-state index in [1.165, 1.54) is 6.07 Å². The van der Waals surface area contributed by atoms with Gasteiger partial charge >= 0.3 is 11.9 Å². The summed E-state index contributed by atoms with van der Waals surface area (Å²) in [6, 6.07) is 11.7. The molecule has 1 atom stereocenters. The molecule has 1 aromatic carbocycles. The number of carbonyl (C=O) groups excluding carboxylic acids is 2. The summed E-state index contributed by atoms with van der Waals surface area (Å²) in [4.78, 5) is 24.2. The third-order valence-corrected chi connectivity index (χ3v) is 4.37. The molecule has 3 rings (SSSR count). The van der Waals surface area contributed by atoms with Gasteiger partial charge in [-0.25, -0.2) is 10.2 Å². The summed E-state index contributed by atoms with van der Waals surface area (Å²) >= 11 is 0. The molecule has 2 aromatic heterocycles. The molecule has 30 heavy (non-hydrogen) atoms. The van der Waals surface area contributed by atoms with E-state index in [9.17, 15) is 9.59 Å². The van der Waals surface area contributed by atoms with Gasteiger partial charge in [-0.2, -0.15) is 0 Å². The quantitative estimate of drug-likeness (QED) is 0.513. The topological polar surface area (TPSA) is 119 Å². The van der Waals surface area contributed by atoms with Gasteiger partial charge in [-0.3, -0.25) is 10.2 Å². The molecule has 0 fully saturated rings. The van der Waals surface area contributed by atoms with Gasteiger partial charge in [-0.1, -0.05) is 23.4 Å². The number of carbonyl (C=O) groups is 2. The molecule has 0 aliphatic rings. The molecule has 0 radical (unpaired) electrons. The van der Waals surface area contributed by atoms with E-state index in [1.54, 1.807) is 6.07 Å². The van der Waals surface area contributed by atoms with E-state index < -0.39 is 11.9 Å². The second kappa shape index (κ2) is 9.64. The highest BCUT2D eigenvalue weighted by Gasteiger charge is 2.16. The monoisotopic (exact) mass is 412 g/mol. The highest BCUT2D eigenvalue weighted by molar-refractivity contribution is 5.92. The van der Waals surface area contributed by atoms with Gasteiger partial charge in [0.2, 0.25) is 0 Å². The molecule has 9 nitrogen and oxygen atoms in total. The summed E-state index contributed by atoms with van der Waals surface area (Å²) in [7, 11) is 0. The number of hydrogen-bond donors (Lipinski definition) is 3. The Morgan fingerprint density at radius 2 is 1.87 bits per heavy atom. The lowest BCUT2D eigenvalue weighted by Crippen LogP contribution is -2.49. The Kier molecular flexibility index (Phi) is 6.74. The number of nitrogens with zero attached hydrogens (tertiary/aromatic N) is 1. The van der Waals surface area contributed by atoms with Crippen LogP contribution in [0.4, 0.5) is 4.79 Å². The predicted molar refractivity (Wildman–Crippen MR) is 108 cm³/mol. The van der Waals surface area contributed by atoms with E-state index >= 15 is 0 Å². The average Bonchev–Trinajstić information content (AvgIpc) is 3.33. The average molecular weight is 412 g/mol. The van der Waals surface area contributed by atoms with Crippen molar-refractivity contribution in [3.63, 3.8) is 0 Å². The van der Waals surface area contributed by atoms with E-state index in [0.29, 0.717) is 17.9 Å². The number of ether oxygens (including phenoxy) is 1. The Balaban J connectivity index is 1.42. The SMILES string of the molecule is Cc1noc(C)c1CC(C)NC(=O)NNC(=O)c1ccc(COc2ccccc2)o1. The first-order valence-corrected chi connectivity index (χ1v) is 9.47. The van der Waals surface area contributed by atoms with Crippen molar-refractivity contribution in [2.24, 2.45) is 0 Å². The molecule has 0 spiro atoms. The molecule has 0 saturated carbocycles. The highest BCUT2D eigenvalue weighted by Crippen LogP contribution is 2.15. The van der Waals surface area contributed by atoms with E-state index in [0.717, 1.165) is 17.0 Å². The number of furan rings is 1. The van der Waals surface area contributed by atoms with Gasteiger partial charge in [0.05, 0.1) is 5.69 Å². The summed E-state index contributed by atoms with van der Waals surface area (Å²) in [5.41, 5.74) is 6.36. The number of urea groups is 1. The Hall–Kier alpha value is -3.75. The molecule has 9 heteroatoms. The van der Waals surface area contributed by atoms with Gasteiger partial charge in [0, 0.05) is 11.6 Å². The zero-order valence-electron chi connectivity index (χ0n) is 17.0. The van der Waals surface area contributed by atoms with Crippen LogP contribution in [0.1, 0.15) is 40.3 Å². The van der Waals surface area contributed by atoms with Crippen LogP contribution in [-0.2, 0) is 13.0 Å². The van der Waals surface area contributed by atoms with Crippen molar-refractivity contribution in [3.8, 4) is 5.75 Å². The molecular formula is C21H24N4O5. The maximum absolute atomic E-state index is 12.2. The first-order chi connectivity index (χ1) is 14.4. The molecule has 3 aromatic rings. The smallest absolute Gasteiger partial charge is 0.333 e. The fourth-order valence-electron chi connectivity index (χ4n) is 2.83. The highest BCUT2D eigenvalue weighted by atomic mass is 16.5. The van der Waals surface area contributed by atoms with Crippen LogP contribution < -0.4 is 20.9 Å². The van der Waals surface area contributed by atoms with E-state index in [2.05, 4.69) is 21.3 Å². The predicted octanol–water partition coefficient (Wildman–Crippen LogP) is 3.04. The number of amides is 3. The normalized spacial score (nSPS) is 11.6. The van der Waals surface area contributed by atoms with Crippen molar-refractivity contribution < 1.29 is 23.3 Å². The molecule has 3 amide bonds. The molecule has 0 saturated heterocycles. The van der Waals surface area contributed by atoms with Crippen molar-refractivity contribution in [3.05, 3.63) is 71.0 Å². The van der Waals surface area contributed by atoms with Crippen molar-refractivity contribution in [2.75, 3.05) is 0 Å². The van der Waals surface area contributed by atoms with Crippen LogP contribution in [0.15, 0.2) is 51.4 Å². The number of benzene rings is 1. The van der Waals surface area contributed by atoms with Crippen LogP contribution in [-0.4, -0.2) is 23.1 Å². The van der Waals surface area contributed by atoms with Crippen LogP contribution in [0.2, 0.25) is 0 Å². The lowest BCUT2D eigenvalue weighted by molar-refractivity contribution is 0.0904. The fraction of sp³-hybridized carbons (Fsp3) is 0.286. The van der Waals surface area contributed by atoms with Crippen LogP contribution in [0.5, 0.6) is 5.75 Å². The molecule has 0 aliphatic heterocycles. The van der Waals surface area contributed by atoms with Crippen LogP contribution in [0.3, 0.4) is 0 Å². The van der Waals surface area contributed by atoms with Crippen molar-refractivity contribution in [1.82, 2.24) is 21.3 Å². The summed E-state index contributed by atoms with van der Waals surface area (Å²) in [5, 5.41) is 6.63. The van der Waals surface area contributed by atoms with Crippen LogP contribution >= 0.6 is 0 Å². The lowest BCUT2D eigenvalue weighted by Gasteiger charge is -2.14. The van der Waals surface area contributed by atoms with Crippen molar-refractivity contribution in [2.45, 2.75) is 39.8 Å². The summed E-state index contributed by atoms with van der Waals surface area (Å²) < 4.78 is 16.1. The van der Waals surface area contributed by atoms with Gasteiger partial charge in [-0.05, 0) is 51.5 Å². The van der Waals surface area contributed by atoms with Crippen LogP contribution in [0.25, 0.3) is 0 Å². The van der Waals surface area contributed by atoms with E-state index in [1.807, 2.05) is 51.1 Å². The summed E-state index contributed by atoms with van der Waals surface area (Å²) in [5.74, 6) is 1.39. The lowest BCUT2D eigenvalue weighted by atomic mass is 10.1. The van der Waals surface area contributed by atoms with Crippen LogP contribution in [0, 0.1) is 13.8 Å². The minimum atomic E-state index is -0.575. The Morgan fingerprint density at radius 1 is 1.10 bits per heavy atom. The zero-order valence-corrected chi connectivity index (χ0v) is 17.0. The number of hydrogen-bond acceptors (Lipinski definition) is 6. The minimum absolute atomic E-state index is 0.0609. The minimum Gasteiger partial charge on any atom is -0.486 e. The number of nitrogens with one attached hydrogen (secondary N) is 3. The molecule has 158 valence electrons. The largest absolute Gasteiger partial charge is 0.486 e. The fourth-order valence-corrected chi connectivity index (χ4v) is 2.83. The first kappa shape index (κ1) is 21.0. The van der Waals surface area contributed by atoms with Gasteiger partial charge in [0.15, 0.2) is 5.76 Å². The maximum Gasteiger partial charge on any atom is 0.333 e. The van der Waals surface area contributed by atoms with Gasteiger partial charge in [-0.15, -0.1) is 0 Å². The number of rotatable bonds is 7. The Labute approximate surface area is 173 Å². The molecule has 2 heterocycles. The number of hydrazine groups is 1. The number of aryl methyl sites for hydroxylation is 2. The Morgan fingerprint density at radius 3 is 2.57 bits per heavy atom. The zero-order chi connectivity index (χ0) is 21.5. The van der Waals surface area contributed by atoms with E-state index in [-0.39, 0.29) is 18.4 Å². The van der Waals surface area contributed by atoms with E-state index in [4.69, 9.17) is 13.7 Å². The molecule has 0 bridgehead atoms. The number of aromatic nitrogens is 1. The Bertz CT molecular complexity index is 977.